The van der Waals surface area contributed by atoms with Crippen LogP contribution in [0.2, 0.25) is 5.02 Å². The first kappa shape index (κ1) is 7.63. The summed E-state index contributed by atoms with van der Waals surface area (Å²) in [7, 11) is 0. The Morgan fingerprint density at radius 2 is 2.00 bits per heavy atom. The van der Waals surface area contributed by atoms with Crippen molar-refractivity contribution < 1.29 is 0 Å². The topological polar surface area (TPSA) is 0 Å². The smallest absolute Gasteiger partial charge is 0.0455 e. The van der Waals surface area contributed by atoms with E-state index in [4.69, 9.17) is 11.6 Å². The Kier molecular flexibility index (Phi) is 1.94. The van der Waals surface area contributed by atoms with E-state index in [0.717, 1.165) is 9.50 Å². The van der Waals surface area contributed by atoms with Gasteiger partial charge >= 0.3 is 0 Å². The Balaban J connectivity index is 2.39. The maximum atomic E-state index is 6.01. The molecule has 2 heteroatoms. The van der Waals surface area contributed by atoms with Crippen LogP contribution in [0.5, 0.6) is 0 Å². The highest BCUT2D eigenvalue weighted by Gasteiger charge is 2.26. The molecule has 0 heterocycles. The molecule has 1 aliphatic carbocycles. The van der Waals surface area contributed by atoms with E-state index in [2.05, 4.69) is 22.0 Å². The average Bonchev–Trinajstić information content (AvgIpc) is 2.70. The Morgan fingerprint density at radius 1 is 1.27 bits per heavy atom. The van der Waals surface area contributed by atoms with Gasteiger partial charge in [-0.25, -0.2) is 0 Å². The van der Waals surface area contributed by atoms with E-state index in [1.807, 2.05) is 12.1 Å². The molecule has 1 aromatic carbocycles. The van der Waals surface area contributed by atoms with Crippen molar-refractivity contribution >= 4 is 27.5 Å². The number of hydrogen-bond acceptors (Lipinski definition) is 0. The van der Waals surface area contributed by atoms with Crippen LogP contribution >= 0.6 is 27.5 Å². The molecule has 1 radical (unpaired) electrons. The van der Waals surface area contributed by atoms with Gasteiger partial charge in [-0.1, -0.05) is 33.6 Å². The first-order valence-corrected chi connectivity index (χ1v) is 4.74. The second kappa shape index (κ2) is 2.80. The van der Waals surface area contributed by atoms with Gasteiger partial charge in [-0.05, 0) is 30.5 Å². The third kappa shape index (κ3) is 1.60. The van der Waals surface area contributed by atoms with Crippen molar-refractivity contribution in [1.82, 2.24) is 0 Å². The van der Waals surface area contributed by atoms with Crippen LogP contribution in [0, 0.1) is 5.92 Å². The maximum Gasteiger partial charge on any atom is 0.0455 e. The third-order valence-corrected chi connectivity index (χ3v) is 2.62. The van der Waals surface area contributed by atoms with Gasteiger partial charge in [0, 0.05) is 15.4 Å². The van der Waals surface area contributed by atoms with Crippen LogP contribution in [0.3, 0.4) is 0 Å². The van der Waals surface area contributed by atoms with Gasteiger partial charge in [-0.3, -0.25) is 0 Å². The van der Waals surface area contributed by atoms with Crippen LogP contribution in [0.25, 0.3) is 0 Å². The van der Waals surface area contributed by atoms with E-state index >= 15 is 0 Å². The van der Waals surface area contributed by atoms with Crippen molar-refractivity contribution in [3.8, 4) is 0 Å². The molecule has 1 saturated carbocycles. The van der Waals surface area contributed by atoms with Gasteiger partial charge in [-0.15, -0.1) is 0 Å². The van der Waals surface area contributed by atoms with Gasteiger partial charge < -0.3 is 0 Å². The summed E-state index contributed by atoms with van der Waals surface area (Å²) in [5.41, 5.74) is 1.23. The molecule has 0 bridgehead atoms. The lowest BCUT2D eigenvalue weighted by molar-refractivity contribution is 1.40. The Bertz CT molecular complexity index is 279. The fraction of sp³-hybridized carbons (Fsp3) is 0.222. The van der Waals surface area contributed by atoms with E-state index in [0.29, 0.717) is 0 Å². The van der Waals surface area contributed by atoms with Crippen LogP contribution < -0.4 is 0 Å². The summed E-state index contributed by atoms with van der Waals surface area (Å²) in [6.45, 7) is 0. The van der Waals surface area contributed by atoms with Gasteiger partial charge in [-0.2, -0.15) is 0 Å². The van der Waals surface area contributed by atoms with Crippen molar-refractivity contribution in [3.63, 3.8) is 0 Å². The summed E-state index contributed by atoms with van der Waals surface area (Å²) in [4.78, 5) is 0. The van der Waals surface area contributed by atoms with Gasteiger partial charge in [0.2, 0.25) is 0 Å². The van der Waals surface area contributed by atoms with Gasteiger partial charge in [0.05, 0.1) is 0 Å². The molecule has 2 rings (SSSR count). The lowest BCUT2D eigenvalue weighted by atomic mass is 10.1. The molecule has 11 heavy (non-hydrogen) atoms. The second-order valence-corrected chi connectivity index (χ2v) is 4.05. The molecule has 57 valence electrons. The van der Waals surface area contributed by atoms with E-state index in [1.165, 1.54) is 24.3 Å². The Morgan fingerprint density at radius 3 is 2.55 bits per heavy atom. The van der Waals surface area contributed by atoms with Crippen LogP contribution in [0.4, 0.5) is 0 Å². The molecule has 0 N–H and O–H groups in total. The molecule has 0 unspecified atom stereocenters. The molecular weight excluding hydrogens is 223 g/mol. The van der Waals surface area contributed by atoms with E-state index in [-0.39, 0.29) is 0 Å². The van der Waals surface area contributed by atoms with Gasteiger partial charge in [0.25, 0.3) is 0 Å². The number of hydrogen-bond donors (Lipinski definition) is 0. The summed E-state index contributed by atoms with van der Waals surface area (Å²) in [6, 6.07) is 6.06. The minimum absolute atomic E-state index is 0.867. The molecule has 0 saturated heterocycles. The van der Waals surface area contributed by atoms with E-state index in [1.54, 1.807) is 0 Å². The standard InChI is InChI=1S/C9H7BrCl/c10-7-3-4-8(6-1-2-6)9(11)5-7/h3-5H,1-2H2. The predicted molar refractivity (Wildman–Crippen MR) is 50.7 cm³/mol. The van der Waals surface area contributed by atoms with Crippen molar-refractivity contribution in [2.45, 2.75) is 12.8 Å². The Labute approximate surface area is 79.7 Å². The van der Waals surface area contributed by atoms with E-state index in [9.17, 15) is 0 Å². The number of halogens is 2. The molecule has 1 aromatic rings. The van der Waals surface area contributed by atoms with Crippen LogP contribution in [0.15, 0.2) is 22.7 Å². The molecule has 1 aliphatic rings. The SMILES string of the molecule is Clc1cc(Br)ccc1[C]1CC1. The number of rotatable bonds is 1. The minimum atomic E-state index is 0.867. The number of benzene rings is 1. The first-order chi connectivity index (χ1) is 5.27. The largest absolute Gasteiger partial charge is 0.0840 e. The average molecular weight is 231 g/mol. The molecule has 0 nitrogen and oxygen atoms in total. The summed E-state index contributed by atoms with van der Waals surface area (Å²) in [5, 5.41) is 0.867. The molecule has 0 amide bonds. The molecule has 0 atom stereocenters. The lowest BCUT2D eigenvalue weighted by Crippen LogP contribution is -1.80. The maximum absolute atomic E-state index is 6.01. The van der Waals surface area contributed by atoms with Crippen molar-refractivity contribution in [2.75, 3.05) is 0 Å². The van der Waals surface area contributed by atoms with Crippen molar-refractivity contribution in [3.05, 3.63) is 39.2 Å². The minimum Gasteiger partial charge on any atom is -0.0840 e. The zero-order chi connectivity index (χ0) is 7.84. The van der Waals surface area contributed by atoms with Crippen LogP contribution in [-0.2, 0) is 0 Å². The summed E-state index contributed by atoms with van der Waals surface area (Å²) in [6.07, 6.45) is 2.45. The second-order valence-electron chi connectivity index (χ2n) is 2.73. The zero-order valence-electron chi connectivity index (χ0n) is 5.90. The highest BCUT2D eigenvalue weighted by Crippen LogP contribution is 2.42. The zero-order valence-corrected chi connectivity index (χ0v) is 8.24. The summed E-state index contributed by atoms with van der Waals surface area (Å²) in [5.74, 6) is 1.49. The summed E-state index contributed by atoms with van der Waals surface area (Å²) < 4.78 is 1.05. The van der Waals surface area contributed by atoms with Gasteiger partial charge in [0.15, 0.2) is 0 Å². The van der Waals surface area contributed by atoms with Crippen molar-refractivity contribution in [2.24, 2.45) is 0 Å². The monoisotopic (exact) mass is 229 g/mol. The van der Waals surface area contributed by atoms with Crippen LogP contribution in [-0.4, -0.2) is 0 Å². The summed E-state index contributed by atoms with van der Waals surface area (Å²) >= 11 is 9.39. The predicted octanol–water partition coefficient (Wildman–Crippen LogP) is 3.82. The Hall–Kier alpha value is -0.0100. The highest BCUT2D eigenvalue weighted by molar-refractivity contribution is 9.10. The molecule has 0 spiro atoms. The first-order valence-electron chi connectivity index (χ1n) is 3.57. The van der Waals surface area contributed by atoms with Gasteiger partial charge in [0.1, 0.15) is 0 Å². The fourth-order valence-corrected chi connectivity index (χ4v) is 1.92. The quantitative estimate of drug-likeness (QED) is 0.688. The molecule has 1 fully saturated rings. The highest BCUT2D eigenvalue weighted by atomic mass is 79.9. The molecular formula is C9H7BrCl. The van der Waals surface area contributed by atoms with Crippen LogP contribution in [0.1, 0.15) is 18.4 Å². The normalized spacial score (nSPS) is 16.9. The molecule has 0 aromatic heterocycles. The van der Waals surface area contributed by atoms with Crippen molar-refractivity contribution in [1.29, 1.82) is 0 Å². The lowest BCUT2D eigenvalue weighted by Gasteiger charge is -2.00. The molecule has 0 aliphatic heterocycles. The van der Waals surface area contributed by atoms with E-state index < -0.39 is 0 Å². The third-order valence-electron chi connectivity index (χ3n) is 1.81. The fourth-order valence-electron chi connectivity index (χ4n) is 1.11.